The average Bonchev–Trinajstić information content (AvgIpc) is 2.24. The highest BCUT2D eigenvalue weighted by atomic mass is 19.4. The van der Waals surface area contributed by atoms with Gasteiger partial charge in [-0.05, 0) is 11.6 Å². The van der Waals surface area contributed by atoms with Crippen LogP contribution in [0.25, 0.3) is 0 Å². The normalized spacial score (nSPS) is 13.2. The zero-order chi connectivity index (χ0) is 12.2. The number of hydrogen-bond donors (Lipinski definition) is 0. The molecular weight excluding hydrogens is 219 g/mol. The molecule has 0 bridgehead atoms. The Balaban J connectivity index is 3.00. The van der Waals surface area contributed by atoms with Gasteiger partial charge in [0.05, 0.1) is 24.2 Å². The number of benzene rings is 1. The van der Waals surface area contributed by atoms with E-state index < -0.39 is 18.7 Å². The summed E-state index contributed by atoms with van der Waals surface area (Å²) < 4.78 is 41.5. The van der Waals surface area contributed by atoms with E-state index in [1.807, 2.05) is 6.07 Å². The van der Waals surface area contributed by atoms with E-state index in [0.717, 1.165) is 0 Å². The second kappa shape index (κ2) is 4.99. The van der Waals surface area contributed by atoms with Crippen molar-refractivity contribution in [3.63, 3.8) is 0 Å². The lowest BCUT2D eigenvalue weighted by molar-refractivity contribution is -0.158. The third-order valence-corrected chi connectivity index (χ3v) is 2.13. The molecule has 1 unspecified atom stereocenters. The number of ether oxygens (including phenoxy) is 1. The van der Waals surface area contributed by atoms with Crippen LogP contribution in [-0.4, -0.2) is 13.3 Å². The average molecular weight is 229 g/mol. The molecule has 0 saturated heterocycles. The van der Waals surface area contributed by atoms with Gasteiger partial charge in [0.1, 0.15) is 0 Å². The van der Waals surface area contributed by atoms with Gasteiger partial charge in [0.2, 0.25) is 0 Å². The molecular formula is C11H10F3NO. The number of alkyl halides is 3. The van der Waals surface area contributed by atoms with E-state index in [9.17, 15) is 13.2 Å². The van der Waals surface area contributed by atoms with Crippen molar-refractivity contribution < 1.29 is 17.9 Å². The van der Waals surface area contributed by atoms with Crippen molar-refractivity contribution in [2.45, 2.75) is 18.7 Å². The Morgan fingerprint density at radius 1 is 1.38 bits per heavy atom. The maximum Gasteiger partial charge on any atom is 0.391 e. The standard InChI is InChI=1S/C11H10F3NO/c1-16-10(6-11(12,13)14)9-5-3-2-4-8(9)7-15/h2-5,10H,6H2,1H3. The van der Waals surface area contributed by atoms with Crippen LogP contribution in [0.4, 0.5) is 13.2 Å². The minimum atomic E-state index is -4.32. The highest BCUT2D eigenvalue weighted by Crippen LogP contribution is 2.32. The summed E-state index contributed by atoms with van der Waals surface area (Å²) in [5, 5.41) is 8.77. The molecule has 0 N–H and O–H groups in total. The molecule has 0 aliphatic heterocycles. The molecule has 0 amide bonds. The number of halogens is 3. The quantitative estimate of drug-likeness (QED) is 0.797. The van der Waals surface area contributed by atoms with Gasteiger partial charge in [-0.25, -0.2) is 0 Å². The SMILES string of the molecule is COC(CC(F)(F)F)c1ccccc1C#N. The lowest BCUT2D eigenvalue weighted by atomic mass is 10.0. The number of rotatable bonds is 3. The molecule has 0 spiro atoms. The molecule has 0 saturated carbocycles. The van der Waals surface area contributed by atoms with Gasteiger partial charge in [-0.1, -0.05) is 18.2 Å². The van der Waals surface area contributed by atoms with Crippen LogP contribution in [0.5, 0.6) is 0 Å². The minimum Gasteiger partial charge on any atom is -0.376 e. The number of nitriles is 1. The van der Waals surface area contributed by atoms with Gasteiger partial charge in [0.15, 0.2) is 0 Å². The number of hydrogen-bond acceptors (Lipinski definition) is 2. The van der Waals surface area contributed by atoms with Crippen LogP contribution in [0.1, 0.15) is 23.7 Å². The summed E-state index contributed by atoms with van der Waals surface area (Å²) in [5.74, 6) is 0. The highest BCUT2D eigenvalue weighted by molar-refractivity contribution is 5.38. The van der Waals surface area contributed by atoms with Crippen LogP contribution in [-0.2, 0) is 4.74 Å². The zero-order valence-electron chi connectivity index (χ0n) is 8.58. The first-order valence-corrected chi connectivity index (χ1v) is 4.56. The summed E-state index contributed by atoms with van der Waals surface area (Å²) in [6.07, 6.45) is -6.54. The van der Waals surface area contributed by atoms with Crippen molar-refractivity contribution in [3.8, 4) is 6.07 Å². The largest absolute Gasteiger partial charge is 0.391 e. The fraction of sp³-hybridized carbons (Fsp3) is 0.364. The first kappa shape index (κ1) is 12.5. The summed E-state index contributed by atoms with van der Waals surface area (Å²) in [6.45, 7) is 0. The van der Waals surface area contributed by atoms with E-state index in [1.165, 1.54) is 19.2 Å². The van der Waals surface area contributed by atoms with E-state index in [4.69, 9.17) is 10.00 Å². The lowest BCUT2D eigenvalue weighted by Gasteiger charge is -2.18. The van der Waals surface area contributed by atoms with Crippen LogP contribution in [0.15, 0.2) is 24.3 Å². The molecule has 1 atom stereocenters. The third-order valence-electron chi connectivity index (χ3n) is 2.13. The molecule has 2 nitrogen and oxygen atoms in total. The zero-order valence-corrected chi connectivity index (χ0v) is 8.58. The molecule has 0 aliphatic rings. The van der Waals surface area contributed by atoms with Gasteiger partial charge in [-0.3, -0.25) is 0 Å². The van der Waals surface area contributed by atoms with Gasteiger partial charge >= 0.3 is 6.18 Å². The highest BCUT2D eigenvalue weighted by Gasteiger charge is 2.33. The van der Waals surface area contributed by atoms with Crippen LogP contribution >= 0.6 is 0 Å². The maximum atomic E-state index is 12.3. The smallest absolute Gasteiger partial charge is 0.376 e. The van der Waals surface area contributed by atoms with Gasteiger partial charge in [0, 0.05) is 7.11 Å². The molecule has 1 aromatic rings. The van der Waals surface area contributed by atoms with Crippen LogP contribution in [0.3, 0.4) is 0 Å². The Morgan fingerprint density at radius 2 is 2.00 bits per heavy atom. The van der Waals surface area contributed by atoms with E-state index in [1.54, 1.807) is 12.1 Å². The molecule has 0 aromatic heterocycles. The summed E-state index contributed by atoms with van der Waals surface area (Å²) in [7, 11) is 1.20. The van der Waals surface area contributed by atoms with E-state index in [0.29, 0.717) is 0 Å². The third kappa shape index (κ3) is 3.24. The summed E-state index contributed by atoms with van der Waals surface area (Å²) in [6, 6.07) is 7.97. The molecule has 5 heteroatoms. The van der Waals surface area contributed by atoms with Crippen molar-refractivity contribution in [2.24, 2.45) is 0 Å². The predicted octanol–water partition coefficient (Wildman–Crippen LogP) is 3.20. The maximum absolute atomic E-state index is 12.3. The Labute approximate surface area is 91.3 Å². The van der Waals surface area contributed by atoms with Gasteiger partial charge in [0.25, 0.3) is 0 Å². The van der Waals surface area contributed by atoms with Crippen LogP contribution in [0, 0.1) is 11.3 Å². The fourth-order valence-corrected chi connectivity index (χ4v) is 1.41. The van der Waals surface area contributed by atoms with Gasteiger partial charge in [-0.2, -0.15) is 18.4 Å². The second-order valence-corrected chi connectivity index (χ2v) is 3.24. The second-order valence-electron chi connectivity index (χ2n) is 3.24. The molecule has 86 valence electrons. The van der Waals surface area contributed by atoms with E-state index >= 15 is 0 Å². The van der Waals surface area contributed by atoms with Crippen molar-refractivity contribution in [1.82, 2.24) is 0 Å². The molecule has 0 aliphatic carbocycles. The minimum absolute atomic E-state index is 0.207. The Morgan fingerprint density at radius 3 is 2.50 bits per heavy atom. The van der Waals surface area contributed by atoms with Crippen molar-refractivity contribution >= 4 is 0 Å². The van der Waals surface area contributed by atoms with Crippen molar-refractivity contribution in [2.75, 3.05) is 7.11 Å². The number of nitrogens with zero attached hydrogens (tertiary/aromatic N) is 1. The molecule has 0 fully saturated rings. The first-order valence-electron chi connectivity index (χ1n) is 4.56. The van der Waals surface area contributed by atoms with Gasteiger partial charge in [-0.15, -0.1) is 0 Å². The lowest BCUT2D eigenvalue weighted by Crippen LogP contribution is -2.16. The molecule has 0 heterocycles. The molecule has 0 radical (unpaired) electrons. The summed E-state index contributed by atoms with van der Waals surface area (Å²) in [5.41, 5.74) is 0.475. The fourth-order valence-electron chi connectivity index (χ4n) is 1.41. The summed E-state index contributed by atoms with van der Waals surface area (Å²) >= 11 is 0. The van der Waals surface area contributed by atoms with Crippen molar-refractivity contribution in [3.05, 3.63) is 35.4 Å². The van der Waals surface area contributed by atoms with Crippen molar-refractivity contribution in [1.29, 1.82) is 5.26 Å². The molecule has 16 heavy (non-hydrogen) atoms. The Bertz CT molecular complexity index is 395. The molecule has 1 aromatic carbocycles. The van der Waals surface area contributed by atoms with Crippen LogP contribution in [0.2, 0.25) is 0 Å². The molecule has 1 rings (SSSR count). The van der Waals surface area contributed by atoms with E-state index in [-0.39, 0.29) is 11.1 Å². The summed E-state index contributed by atoms with van der Waals surface area (Å²) in [4.78, 5) is 0. The topological polar surface area (TPSA) is 33.0 Å². The Kier molecular flexibility index (Phi) is 3.91. The van der Waals surface area contributed by atoms with Gasteiger partial charge < -0.3 is 4.74 Å². The number of methoxy groups -OCH3 is 1. The monoisotopic (exact) mass is 229 g/mol. The van der Waals surface area contributed by atoms with Crippen LogP contribution < -0.4 is 0 Å². The van der Waals surface area contributed by atoms with E-state index in [2.05, 4.69) is 0 Å². The first-order chi connectivity index (χ1) is 7.48. The Hall–Kier alpha value is -1.54. The predicted molar refractivity (Wildman–Crippen MR) is 51.6 cm³/mol.